The molecule has 3 rings (SSSR count). The van der Waals surface area contributed by atoms with Gasteiger partial charge in [0.1, 0.15) is 0 Å². The molecule has 0 spiro atoms. The number of benzene rings is 3. The smallest absolute Gasteiger partial charge is 0.343 e. The summed E-state index contributed by atoms with van der Waals surface area (Å²) in [6, 6.07) is 18.4. The highest BCUT2D eigenvalue weighted by molar-refractivity contribution is 5.92. The number of rotatable bonds is 6. The fraction of sp³-hybridized carbons (Fsp3) is 0.0870. The van der Waals surface area contributed by atoms with Gasteiger partial charge in [0, 0.05) is 6.21 Å². The zero-order valence-corrected chi connectivity index (χ0v) is 16.0. The molecule has 0 heterocycles. The molecule has 0 aromatic heterocycles. The first-order chi connectivity index (χ1) is 14.0. The lowest BCUT2D eigenvalue weighted by atomic mass is 10.1. The van der Waals surface area contributed by atoms with Gasteiger partial charge in [0.05, 0.1) is 23.9 Å². The Balaban J connectivity index is 1.75. The van der Waals surface area contributed by atoms with E-state index in [1.807, 2.05) is 19.1 Å². The molecule has 0 bridgehead atoms. The van der Waals surface area contributed by atoms with Crippen molar-refractivity contribution in [2.24, 2.45) is 4.99 Å². The largest absolute Gasteiger partial charge is 0.493 e. The van der Waals surface area contributed by atoms with Gasteiger partial charge in [-0.15, -0.1) is 0 Å². The number of carbonyl (C=O) groups excluding carboxylic acids is 1. The minimum atomic E-state index is -0.985. The monoisotopic (exact) mass is 389 g/mol. The third-order valence-electron chi connectivity index (χ3n) is 4.15. The number of aryl methyl sites for hydroxylation is 1. The molecule has 0 fully saturated rings. The molecular formula is C23H19NO5. The normalized spacial score (nSPS) is 10.7. The van der Waals surface area contributed by atoms with Gasteiger partial charge in [-0.25, -0.2) is 9.59 Å². The minimum absolute atomic E-state index is 0.199. The lowest BCUT2D eigenvalue weighted by Crippen LogP contribution is -2.09. The van der Waals surface area contributed by atoms with E-state index in [0.29, 0.717) is 22.7 Å². The van der Waals surface area contributed by atoms with E-state index in [1.165, 1.54) is 19.2 Å². The van der Waals surface area contributed by atoms with Crippen LogP contribution in [0.5, 0.6) is 11.5 Å². The van der Waals surface area contributed by atoms with Gasteiger partial charge < -0.3 is 14.6 Å². The quantitative estimate of drug-likeness (QED) is 0.376. The molecule has 0 radical (unpaired) electrons. The minimum Gasteiger partial charge on any atom is -0.493 e. The number of ether oxygens (including phenoxy) is 2. The summed E-state index contributed by atoms with van der Waals surface area (Å²) in [7, 11) is 1.49. The maximum atomic E-state index is 12.3. The molecule has 0 unspecified atom stereocenters. The van der Waals surface area contributed by atoms with Gasteiger partial charge in [-0.05, 0) is 67.1 Å². The molecule has 0 aliphatic carbocycles. The number of carbonyl (C=O) groups is 2. The van der Waals surface area contributed by atoms with E-state index in [9.17, 15) is 9.59 Å². The number of hydrogen-bond donors (Lipinski definition) is 1. The topological polar surface area (TPSA) is 85.2 Å². The van der Waals surface area contributed by atoms with Crippen LogP contribution in [0.3, 0.4) is 0 Å². The van der Waals surface area contributed by atoms with Crippen molar-refractivity contribution in [2.75, 3.05) is 7.11 Å². The van der Waals surface area contributed by atoms with Gasteiger partial charge in [-0.3, -0.25) is 4.99 Å². The number of aromatic carboxylic acids is 1. The maximum absolute atomic E-state index is 12.3. The summed E-state index contributed by atoms with van der Waals surface area (Å²) in [5.74, 6) is -0.749. The van der Waals surface area contributed by atoms with Crippen molar-refractivity contribution in [1.82, 2.24) is 0 Å². The predicted octanol–water partition coefficient (Wildman–Crippen LogP) is 4.67. The summed E-state index contributed by atoms with van der Waals surface area (Å²) in [6.07, 6.45) is 1.61. The van der Waals surface area contributed by atoms with E-state index >= 15 is 0 Å². The number of esters is 1. The van der Waals surface area contributed by atoms with Crippen molar-refractivity contribution in [2.45, 2.75) is 6.92 Å². The van der Waals surface area contributed by atoms with Crippen LogP contribution in [0.2, 0.25) is 0 Å². The molecule has 0 saturated carbocycles. The first kappa shape index (κ1) is 19.8. The Bertz CT molecular complexity index is 1050. The fourth-order valence-electron chi connectivity index (χ4n) is 2.54. The second-order valence-electron chi connectivity index (χ2n) is 6.28. The molecule has 3 aromatic carbocycles. The lowest BCUT2D eigenvalue weighted by Gasteiger charge is -2.10. The molecule has 29 heavy (non-hydrogen) atoms. The number of carboxylic acid groups (broad SMARTS) is 1. The van der Waals surface area contributed by atoms with Crippen molar-refractivity contribution < 1.29 is 24.2 Å². The Kier molecular flexibility index (Phi) is 6.04. The van der Waals surface area contributed by atoms with E-state index in [1.54, 1.807) is 48.7 Å². The summed E-state index contributed by atoms with van der Waals surface area (Å²) in [5.41, 5.74) is 3.06. The fourth-order valence-corrected chi connectivity index (χ4v) is 2.54. The van der Waals surface area contributed by atoms with Crippen LogP contribution in [0.4, 0.5) is 5.69 Å². The molecule has 6 heteroatoms. The van der Waals surface area contributed by atoms with E-state index in [2.05, 4.69) is 4.99 Å². The van der Waals surface area contributed by atoms with E-state index < -0.39 is 11.9 Å². The van der Waals surface area contributed by atoms with Gasteiger partial charge in [0.25, 0.3) is 0 Å². The van der Waals surface area contributed by atoms with Gasteiger partial charge in [0.2, 0.25) is 0 Å². The molecule has 6 nitrogen and oxygen atoms in total. The highest BCUT2D eigenvalue weighted by Gasteiger charge is 2.12. The first-order valence-corrected chi connectivity index (χ1v) is 8.80. The molecule has 0 atom stereocenters. The van der Waals surface area contributed by atoms with Crippen molar-refractivity contribution in [3.63, 3.8) is 0 Å². The summed E-state index contributed by atoms with van der Waals surface area (Å²) in [4.78, 5) is 27.5. The number of hydrogen-bond acceptors (Lipinski definition) is 5. The van der Waals surface area contributed by atoms with Crippen LogP contribution < -0.4 is 9.47 Å². The number of aliphatic imine (C=N–C) groups is 1. The summed E-state index contributed by atoms with van der Waals surface area (Å²) >= 11 is 0. The molecule has 3 aromatic rings. The van der Waals surface area contributed by atoms with Gasteiger partial charge in [0.15, 0.2) is 11.5 Å². The molecule has 1 N–H and O–H groups in total. The Morgan fingerprint density at radius 1 is 0.897 bits per heavy atom. The van der Waals surface area contributed by atoms with Crippen molar-refractivity contribution in [3.05, 3.63) is 89.0 Å². The van der Waals surface area contributed by atoms with Crippen LogP contribution in [0, 0.1) is 6.92 Å². The van der Waals surface area contributed by atoms with Gasteiger partial charge in [-0.1, -0.05) is 17.7 Å². The molecule has 0 amide bonds. The summed E-state index contributed by atoms with van der Waals surface area (Å²) in [6.45, 7) is 1.94. The number of nitrogens with zero attached hydrogens (tertiary/aromatic N) is 1. The Morgan fingerprint density at radius 3 is 2.17 bits per heavy atom. The first-order valence-electron chi connectivity index (χ1n) is 8.80. The van der Waals surface area contributed by atoms with Crippen LogP contribution in [0.25, 0.3) is 0 Å². The van der Waals surface area contributed by atoms with Gasteiger partial charge in [-0.2, -0.15) is 0 Å². The second kappa shape index (κ2) is 8.84. The third-order valence-corrected chi connectivity index (χ3v) is 4.15. The Morgan fingerprint density at radius 2 is 1.55 bits per heavy atom. The average molecular weight is 389 g/mol. The standard InChI is InChI=1S/C23H19NO5/c1-15-3-6-18(7-4-15)23(27)29-20-12-5-16(13-21(20)28-2)14-24-19-10-8-17(9-11-19)22(25)26/h3-14H,1-2H3,(H,25,26). The van der Waals surface area contributed by atoms with Gasteiger partial charge >= 0.3 is 11.9 Å². The van der Waals surface area contributed by atoms with Crippen LogP contribution in [-0.2, 0) is 0 Å². The highest BCUT2D eigenvalue weighted by Crippen LogP contribution is 2.28. The van der Waals surface area contributed by atoms with Crippen molar-refractivity contribution in [3.8, 4) is 11.5 Å². The Labute approximate surface area is 168 Å². The lowest BCUT2D eigenvalue weighted by molar-refractivity contribution is 0.0694. The molecule has 0 saturated heterocycles. The third kappa shape index (κ3) is 5.07. The molecular weight excluding hydrogens is 370 g/mol. The predicted molar refractivity (Wildman–Crippen MR) is 110 cm³/mol. The SMILES string of the molecule is COc1cc(C=Nc2ccc(C(=O)O)cc2)ccc1OC(=O)c1ccc(C)cc1. The van der Waals surface area contributed by atoms with Crippen LogP contribution in [0.15, 0.2) is 71.7 Å². The zero-order valence-electron chi connectivity index (χ0n) is 16.0. The van der Waals surface area contributed by atoms with Crippen LogP contribution in [-0.4, -0.2) is 30.4 Å². The molecule has 0 aliphatic rings. The van der Waals surface area contributed by atoms with Crippen molar-refractivity contribution >= 4 is 23.8 Å². The summed E-state index contributed by atoms with van der Waals surface area (Å²) in [5, 5.41) is 8.93. The molecule has 146 valence electrons. The zero-order chi connectivity index (χ0) is 20.8. The van der Waals surface area contributed by atoms with E-state index in [4.69, 9.17) is 14.6 Å². The van der Waals surface area contributed by atoms with Crippen LogP contribution >= 0.6 is 0 Å². The van der Waals surface area contributed by atoms with Crippen LogP contribution in [0.1, 0.15) is 31.8 Å². The van der Waals surface area contributed by atoms with E-state index in [0.717, 1.165) is 11.1 Å². The Hall–Kier alpha value is -3.93. The second-order valence-corrected chi connectivity index (χ2v) is 6.28. The van der Waals surface area contributed by atoms with E-state index in [-0.39, 0.29) is 5.56 Å². The highest BCUT2D eigenvalue weighted by atomic mass is 16.6. The number of carboxylic acids is 1. The number of methoxy groups -OCH3 is 1. The molecule has 0 aliphatic heterocycles. The summed E-state index contributed by atoms with van der Waals surface area (Å²) < 4.78 is 10.8. The average Bonchev–Trinajstić information content (AvgIpc) is 2.73. The maximum Gasteiger partial charge on any atom is 0.343 e. The van der Waals surface area contributed by atoms with Crippen molar-refractivity contribution in [1.29, 1.82) is 0 Å².